The van der Waals surface area contributed by atoms with Crippen LogP contribution < -0.4 is 10.5 Å². The van der Waals surface area contributed by atoms with Crippen molar-refractivity contribution in [1.29, 1.82) is 0 Å². The van der Waals surface area contributed by atoms with E-state index in [0.717, 1.165) is 41.7 Å². The first-order valence-corrected chi connectivity index (χ1v) is 7.91. The third-order valence-electron chi connectivity index (χ3n) is 4.53. The Kier molecular flexibility index (Phi) is 3.54. The van der Waals surface area contributed by atoms with E-state index in [-0.39, 0.29) is 0 Å². The van der Waals surface area contributed by atoms with Crippen LogP contribution in [0.3, 0.4) is 0 Å². The van der Waals surface area contributed by atoms with Gasteiger partial charge in [-0.05, 0) is 43.0 Å². The number of pyridine rings is 1. The number of hydrogen-bond donors (Lipinski definition) is 1. The topological polar surface area (TPSA) is 87.1 Å². The number of methoxy groups -OCH3 is 1. The molecular formula is C18H18N4O2. The molecule has 3 aromatic rings. The lowest BCUT2D eigenvalue weighted by Crippen LogP contribution is -2.44. The second-order valence-corrected chi connectivity index (χ2v) is 6.12. The zero-order valence-electron chi connectivity index (χ0n) is 13.4. The lowest BCUT2D eigenvalue weighted by Gasteiger charge is -2.34. The van der Waals surface area contributed by atoms with Crippen molar-refractivity contribution in [2.45, 2.75) is 24.8 Å². The summed E-state index contributed by atoms with van der Waals surface area (Å²) >= 11 is 0. The van der Waals surface area contributed by atoms with E-state index < -0.39 is 5.54 Å². The summed E-state index contributed by atoms with van der Waals surface area (Å²) in [5.74, 6) is 1.85. The summed E-state index contributed by atoms with van der Waals surface area (Å²) in [6.07, 6.45) is 6.42. The molecule has 24 heavy (non-hydrogen) atoms. The van der Waals surface area contributed by atoms with Crippen LogP contribution >= 0.6 is 0 Å². The molecule has 0 atom stereocenters. The molecule has 1 aliphatic rings. The molecule has 122 valence electrons. The van der Waals surface area contributed by atoms with E-state index in [1.165, 1.54) is 0 Å². The molecule has 1 saturated carbocycles. The molecule has 0 radical (unpaired) electrons. The SMILES string of the molecule is COc1ccc(-c2cncc(-c3nc(C4(N)CCC4)no3)c2)cc1. The Morgan fingerprint density at radius 3 is 2.50 bits per heavy atom. The summed E-state index contributed by atoms with van der Waals surface area (Å²) in [7, 11) is 1.65. The summed E-state index contributed by atoms with van der Waals surface area (Å²) in [5.41, 5.74) is 8.62. The average molecular weight is 322 g/mol. The first-order valence-electron chi connectivity index (χ1n) is 7.91. The van der Waals surface area contributed by atoms with Gasteiger partial charge in [0.25, 0.3) is 5.89 Å². The fourth-order valence-electron chi connectivity index (χ4n) is 2.82. The summed E-state index contributed by atoms with van der Waals surface area (Å²) < 4.78 is 10.6. The van der Waals surface area contributed by atoms with Gasteiger partial charge in [-0.3, -0.25) is 4.98 Å². The monoisotopic (exact) mass is 322 g/mol. The maximum absolute atomic E-state index is 6.25. The van der Waals surface area contributed by atoms with Gasteiger partial charge in [-0.1, -0.05) is 17.3 Å². The van der Waals surface area contributed by atoms with E-state index >= 15 is 0 Å². The van der Waals surface area contributed by atoms with Crippen LogP contribution in [-0.4, -0.2) is 22.2 Å². The molecule has 6 nitrogen and oxygen atoms in total. The first kappa shape index (κ1) is 14.8. The van der Waals surface area contributed by atoms with Crippen molar-refractivity contribution in [2.24, 2.45) is 5.73 Å². The Bertz CT molecular complexity index is 853. The Labute approximate surface area is 139 Å². The molecule has 0 saturated heterocycles. The van der Waals surface area contributed by atoms with Gasteiger partial charge in [-0.15, -0.1) is 0 Å². The van der Waals surface area contributed by atoms with Gasteiger partial charge >= 0.3 is 0 Å². The molecule has 2 N–H and O–H groups in total. The standard InChI is InChI=1S/C18H18N4O2/c1-23-15-5-3-12(4-6-15)13-9-14(11-20-10-13)16-21-17(22-24-16)18(19)7-2-8-18/h3-6,9-11H,2,7-8,19H2,1H3. The van der Waals surface area contributed by atoms with Gasteiger partial charge in [0.05, 0.1) is 18.2 Å². The van der Waals surface area contributed by atoms with Crippen molar-refractivity contribution in [3.05, 3.63) is 48.5 Å². The molecule has 6 heteroatoms. The normalized spacial score (nSPS) is 15.8. The van der Waals surface area contributed by atoms with Crippen LogP contribution in [0.15, 0.2) is 47.2 Å². The molecule has 0 aliphatic heterocycles. The highest BCUT2D eigenvalue weighted by atomic mass is 16.5. The van der Waals surface area contributed by atoms with Gasteiger partial charge in [0.15, 0.2) is 5.82 Å². The van der Waals surface area contributed by atoms with Crippen LogP contribution in [0.2, 0.25) is 0 Å². The molecule has 2 aromatic heterocycles. The summed E-state index contributed by atoms with van der Waals surface area (Å²) in [6.45, 7) is 0. The Balaban J connectivity index is 1.64. The maximum atomic E-state index is 6.25. The molecule has 0 unspecified atom stereocenters. The number of aromatic nitrogens is 3. The molecule has 1 aliphatic carbocycles. The predicted octanol–water partition coefficient (Wildman–Crippen LogP) is 3.15. The third kappa shape index (κ3) is 2.55. The van der Waals surface area contributed by atoms with Crippen LogP contribution in [0, 0.1) is 0 Å². The fourth-order valence-corrected chi connectivity index (χ4v) is 2.82. The van der Waals surface area contributed by atoms with E-state index in [2.05, 4.69) is 15.1 Å². The smallest absolute Gasteiger partial charge is 0.259 e. The molecular weight excluding hydrogens is 304 g/mol. The van der Waals surface area contributed by atoms with E-state index in [1.54, 1.807) is 19.5 Å². The van der Waals surface area contributed by atoms with Gasteiger partial charge in [-0.25, -0.2) is 0 Å². The number of hydrogen-bond acceptors (Lipinski definition) is 6. The van der Waals surface area contributed by atoms with E-state index in [0.29, 0.717) is 11.7 Å². The van der Waals surface area contributed by atoms with Crippen LogP contribution in [0.1, 0.15) is 25.1 Å². The second-order valence-electron chi connectivity index (χ2n) is 6.12. The molecule has 4 rings (SSSR count). The van der Waals surface area contributed by atoms with Crippen LogP contribution in [0.5, 0.6) is 5.75 Å². The molecule has 1 fully saturated rings. The number of nitrogens with zero attached hydrogens (tertiary/aromatic N) is 3. The molecule has 0 bridgehead atoms. The molecule has 2 heterocycles. The Hall–Kier alpha value is -2.73. The number of rotatable bonds is 4. The summed E-state index contributed by atoms with van der Waals surface area (Å²) in [6, 6.07) is 9.80. The van der Waals surface area contributed by atoms with Gasteiger partial charge in [0.1, 0.15) is 5.75 Å². The van der Waals surface area contributed by atoms with Crippen molar-refractivity contribution in [3.8, 4) is 28.3 Å². The molecule has 0 amide bonds. The average Bonchev–Trinajstić information content (AvgIpc) is 3.10. The number of ether oxygens (including phenoxy) is 1. The van der Waals surface area contributed by atoms with Crippen molar-refractivity contribution in [1.82, 2.24) is 15.1 Å². The van der Waals surface area contributed by atoms with Gasteiger partial charge in [0, 0.05) is 18.0 Å². The molecule has 1 aromatic carbocycles. The summed E-state index contributed by atoms with van der Waals surface area (Å²) in [5, 5.41) is 4.06. The Morgan fingerprint density at radius 1 is 1.08 bits per heavy atom. The van der Waals surface area contributed by atoms with Crippen molar-refractivity contribution in [3.63, 3.8) is 0 Å². The van der Waals surface area contributed by atoms with Crippen molar-refractivity contribution >= 4 is 0 Å². The highest BCUT2D eigenvalue weighted by molar-refractivity contribution is 5.68. The van der Waals surface area contributed by atoms with Crippen molar-refractivity contribution < 1.29 is 9.26 Å². The zero-order chi connectivity index (χ0) is 16.6. The van der Waals surface area contributed by atoms with E-state index in [4.69, 9.17) is 15.0 Å². The highest BCUT2D eigenvalue weighted by Crippen LogP contribution is 2.37. The Morgan fingerprint density at radius 2 is 1.83 bits per heavy atom. The summed E-state index contributed by atoms with van der Waals surface area (Å²) in [4.78, 5) is 8.77. The maximum Gasteiger partial charge on any atom is 0.259 e. The van der Waals surface area contributed by atoms with Crippen LogP contribution in [0.4, 0.5) is 0 Å². The predicted molar refractivity (Wildman–Crippen MR) is 89.2 cm³/mol. The highest BCUT2D eigenvalue weighted by Gasteiger charge is 2.39. The van der Waals surface area contributed by atoms with Crippen molar-refractivity contribution in [2.75, 3.05) is 7.11 Å². The number of benzene rings is 1. The van der Waals surface area contributed by atoms with Crippen LogP contribution in [0.25, 0.3) is 22.6 Å². The van der Waals surface area contributed by atoms with Crippen LogP contribution in [-0.2, 0) is 5.54 Å². The minimum atomic E-state index is -0.428. The lowest BCUT2D eigenvalue weighted by atomic mass is 9.77. The minimum Gasteiger partial charge on any atom is -0.497 e. The minimum absolute atomic E-state index is 0.428. The third-order valence-corrected chi connectivity index (χ3v) is 4.53. The first-order chi connectivity index (χ1) is 11.7. The van der Waals surface area contributed by atoms with Gasteiger partial charge in [0.2, 0.25) is 0 Å². The largest absolute Gasteiger partial charge is 0.497 e. The van der Waals surface area contributed by atoms with Gasteiger partial charge < -0.3 is 15.0 Å². The molecule has 0 spiro atoms. The number of nitrogens with two attached hydrogens (primary N) is 1. The lowest BCUT2D eigenvalue weighted by molar-refractivity contribution is 0.229. The quantitative estimate of drug-likeness (QED) is 0.794. The van der Waals surface area contributed by atoms with E-state index in [1.807, 2.05) is 30.3 Å². The van der Waals surface area contributed by atoms with E-state index in [9.17, 15) is 0 Å². The van der Waals surface area contributed by atoms with Gasteiger partial charge in [-0.2, -0.15) is 4.98 Å². The zero-order valence-corrected chi connectivity index (χ0v) is 13.4. The fraction of sp³-hybridized carbons (Fsp3) is 0.278. The second kappa shape index (κ2) is 5.72.